The van der Waals surface area contributed by atoms with Gasteiger partial charge in [-0.1, -0.05) is 55.5 Å². The van der Waals surface area contributed by atoms with Crippen molar-refractivity contribution in [3.05, 3.63) is 65.7 Å². The summed E-state index contributed by atoms with van der Waals surface area (Å²) in [6.45, 7) is 6.38. The standard InChI is InChI=1S/C19H26N2/c1-3-16(2)20-13-14-21-19-12-8-7-11-18(19)15-17-9-5-4-6-10-17/h4-12,16,20-21H,3,13-15H2,1-2H3. The molecule has 2 aromatic rings. The van der Waals surface area contributed by atoms with Crippen molar-refractivity contribution in [1.82, 2.24) is 5.32 Å². The molecule has 21 heavy (non-hydrogen) atoms. The quantitative estimate of drug-likeness (QED) is 0.713. The molecule has 0 amide bonds. The van der Waals surface area contributed by atoms with Gasteiger partial charge in [-0.05, 0) is 37.0 Å². The Balaban J connectivity index is 1.91. The number of hydrogen-bond donors (Lipinski definition) is 2. The van der Waals surface area contributed by atoms with Crippen LogP contribution in [0.25, 0.3) is 0 Å². The Kier molecular flexibility index (Phi) is 6.29. The first-order valence-electron chi connectivity index (χ1n) is 7.88. The van der Waals surface area contributed by atoms with Crippen molar-refractivity contribution >= 4 is 5.69 Å². The Labute approximate surface area is 128 Å². The lowest BCUT2D eigenvalue weighted by molar-refractivity contribution is 0.546. The van der Waals surface area contributed by atoms with E-state index in [1.54, 1.807) is 0 Å². The lowest BCUT2D eigenvalue weighted by Gasteiger charge is -2.14. The number of hydrogen-bond acceptors (Lipinski definition) is 2. The molecular weight excluding hydrogens is 256 g/mol. The summed E-state index contributed by atoms with van der Waals surface area (Å²) >= 11 is 0. The molecule has 0 bridgehead atoms. The van der Waals surface area contributed by atoms with Gasteiger partial charge >= 0.3 is 0 Å². The Morgan fingerprint density at radius 3 is 2.38 bits per heavy atom. The van der Waals surface area contributed by atoms with Crippen LogP contribution in [0.3, 0.4) is 0 Å². The molecule has 0 saturated carbocycles. The lowest BCUT2D eigenvalue weighted by atomic mass is 10.0. The SMILES string of the molecule is CCC(C)NCCNc1ccccc1Cc1ccccc1. The zero-order chi connectivity index (χ0) is 14.9. The van der Waals surface area contributed by atoms with Crippen molar-refractivity contribution in [2.24, 2.45) is 0 Å². The molecule has 2 heteroatoms. The summed E-state index contributed by atoms with van der Waals surface area (Å²) in [4.78, 5) is 0. The van der Waals surface area contributed by atoms with Crippen molar-refractivity contribution < 1.29 is 0 Å². The van der Waals surface area contributed by atoms with Gasteiger partial charge in [-0.3, -0.25) is 0 Å². The topological polar surface area (TPSA) is 24.1 Å². The summed E-state index contributed by atoms with van der Waals surface area (Å²) in [5.41, 5.74) is 3.95. The first-order valence-corrected chi connectivity index (χ1v) is 7.88. The van der Waals surface area contributed by atoms with E-state index in [0.29, 0.717) is 6.04 Å². The number of para-hydroxylation sites is 1. The summed E-state index contributed by atoms with van der Waals surface area (Å²) < 4.78 is 0. The average Bonchev–Trinajstić information content (AvgIpc) is 2.53. The van der Waals surface area contributed by atoms with Crippen LogP contribution in [0.4, 0.5) is 5.69 Å². The van der Waals surface area contributed by atoms with E-state index in [0.717, 1.165) is 19.5 Å². The van der Waals surface area contributed by atoms with E-state index in [4.69, 9.17) is 0 Å². The van der Waals surface area contributed by atoms with Gasteiger partial charge in [0.15, 0.2) is 0 Å². The molecule has 2 aromatic carbocycles. The summed E-state index contributed by atoms with van der Waals surface area (Å²) in [7, 11) is 0. The van der Waals surface area contributed by atoms with Crippen LogP contribution in [0.1, 0.15) is 31.4 Å². The molecule has 0 aromatic heterocycles. The number of nitrogens with one attached hydrogen (secondary N) is 2. The summed E-state index contributed by atoms with van der Waals surface area (Å²) in [5.74, 6) is 0. The Morgan fingerprint density at radius 2 is 1.62 bits per heavy atom. The monoisotopic (exact) mass is 282 g/mol. The maximum Gasteiger partial charge on any atom is 0.0376 e. The maximum atomic E-state index is 3.55. The van der Waals surface area contributed by atoms with Crippen molar-refractivity contribution in [2.75, 3.05) is 18.4 Å². The summed E-state index contributed by atoms with van der Waals surface area (Å²) in [5, 5.41) is 7.06. The predicted octanol–water partition coefficient (Wildman–Crippen LogP) is 4.08. The highest BCUT2D eigenvalue weighted by molar-refractivity contribution is 5.52. The van der Waals surface area contributed by atoms with E-state index in [2.05, 4.69) is 79.1 Å². The van der Waals surface area contributed by atoms with Crippen molar-refractivity contribution in [1.29, 1.82) is 0 Å². The van der Waals surface area contributed by atoms with Crippen LogP contribution in [0, 0.1) is 0 Å². The minimum Gasteiger partial charge on any atom is -0.384 e. The molecule has 1 unspecified atom stereocenters. The highest BCUT2D eigenvalue weighted by Gasteiger charge is 2.03. The summed E-state index contributed by atoms with van der Waals surface area (Å²) in [6.07, 6.45) is 2.15. The first kappa shape index (κ1) is 15.6. The maximum absolute atomic E-state index is 3.55. The van der Waals surface area contributed by atoms with E-state index >= 15 is 0 Å². The van der Waals surface area contributed by atoms with Gasteiger partial charge in [0.1, 0.15) is 0 Å². The molecule has 0 radical (unpaired) electrons. The second-order valence-corrected chi connectivity index (χ2v) is 5.51. The molecule has 0 aliphatic carbocycles. The molecule has 0 aliphatic rings. The van der Waals surface area contributed by atoms with E-state index in [1.807, 2.05) is 0 Å². The third kappa shape index (κ3) is 5.24. The van der Waals surface area contributed by atoms with Crippen LogP contribution in [0.5, 0.6) is 0 Å². The van der Waals surface area contributed by atoms with Gasteiger partial charge < -0.3 is 10.6 Å². The van der Waals surface area contributed by atoms with Gasteiger partial charge in [-0.2, -0.15) is 0 Å². The van der Waals surface area contributed by atoms with Crippen molar-refractivity contribution in [3.63, 3.8) is 0 Å². The van der Waals surface area contributed by atoms with E-state index in [-0.39, 0.29) is 0 Å². The lowest BCUT2D eigenvalue weighted by Crippen LogP contribution is -2.30. The number of anilines is 1. The molecule has 2 nitrogen and oxygen atoms in total. The van der Waals surface area contributed by atoms with Gasteiger partial charge in [-0.25, -0.2) is 0 Å². The molecule has 2 N–H and O–H groups in total. The van der Waals surface area contributed by atoms with Crippen molar-refractivity contribution in [3.8, 4) is 0 Å². The molecule has 1 atom stereocenters. The van der Waals surface area contributed by atoms with Gasteiger partial charge in [0.05, 0.1) is 0 Å². The molecule has 0 heterocycles. The van der Waals surface area contributed by atoms with Gasteiger partial charge in [-0.15, -0.1) is 0 Å². The Hall–Kier alpha value is -1.80. The fraction of sp³-hybridized carbons (Fsp3) is 0.368. The van der Waals surface area contributed by atoms with Crippen LogP contribution in [-0.4, -0.2) is 19.1 Å². The predicted molar refractivity (Wildman–Crippen MR) is 91.9 cm³/mol. The minimum absolute atomic E-state index is 0.589. The Bertz CT molecular complexity index is 522. The van der Waals surface area contributed by atoms with Crippen LogP contribution in [0.2, 0.25) is 0 Å². The molecule has 0 aliphatic heterocycles. The highest BCUT2D eigenvalue weighted by atomic mass is 15.0. The van der Waals surface area contributed by atoms with Gasteiger partial charge in [0.25, 0.3) is 0 Å². The number of rotatable bonds is 8. The average molecular weight is 282 g/mol. The zero-order valence-electron chi connectivity index (χ0n) is 13.1. The number of benzene rings is 2. The van der Waals surface area contributed by atoms with Crippen LogP contribution < -0.4 is 10.6 Å². The second kappa shape index (κ2) is 8.48. The third-order valence-electron chi connectivity index (χ3n) is 3.80. The second-order valence-electron chi connectivity index (χ2n) is 5.51. The van der Waals surface area contributed by atoms with Crippen LogP contribution in [-0.2, 0) is 6.42 Å². The summed E-state index contributed by atoms with van der Waals surface area (Å²) in [6, 6.07) is 19.8. The molecule has 0 spiro atoms. The molecule has 0 fully saturated rings. The fourth-order valence-corrected chi connectivity index (χ4v) is 2.32. The smallest absolute Gasteiger partial charge is 0.0376 e. The molecular formula is C19H26N2. The van der Waals surface area contributed by atoms with E-state index < -0.39 is 0 Å². The zero-order valence-corrected chi connectivity index (χ0v) is 13.1. The van der Waals surface area contributed by atoms with Crippen LogP contribution in [0.15, 0.2) is 54.6 Å². The molecule has 0 saturated heterocycles. The first-order chi connectivity index (χ1) is 10.3. The highest BCUT2D eigenvalue weighted by Crippen LogP contribution is 2.18. The normalized spacial score (nSPS) is 12.1. The Morgan fingerprint density at radius 1 is 0.905 bits per heavy atom. The fourth-order valence-electron chi connectivity index (χ4n) is 2.32. The third-order valence-corrected chi connectivity index (χ3v) is 3.80. The molecule has 2 rings (SSSR count). The van der Waals surface area contributed by atoms with E-state index in [9.17, 15) is 0 Å². The minimum atomic E-state index is 0.589. The van der Waals surface area contributed by atoms with E-state index in [1.165, 1.54) is 23.2 Å². The van der Waals surface area contributed by atoms with Crippen LogP contribution >= 0.6 is 0 Å². The molecule has 112 valence electrons. The van der Waals surface area contributed by atoms with Crippen molar-refractivity contribution in [2.45, 2.75) is 32.7 Å². The van der Waals surface area contributed by atoms with Gasteiger partial charge in [0.2, 0.25) is 0 Å². The largest absolute Gasteiger partial charge is 0.384 e. The van der Waals surface area contributed by atoms with Gasteiger partial charge in [0, 0.05) is 24.8 Å².